The summed E-state index contributed by atoms with van der Waals surface area (Å²) in [6.07, 6.45) is 4.09. The number of nitriles is 1. The van der Waals surface area contributed by atoms with Crippen molar-refractivity contribution in [1.82, 2.24) is 15.1 Å². The van der Waals surface area contributed by atoms with E-state index in [1.54, 1.807) is 0 Å². The number of benzene rings is 3. The van der Waals surface area contributed by atoms with Gasteiger partial charge in [0.25, 0.3) is 5.91 Å². The van der Waals surface area contributed by atoms with Crippen molar-refractivity contribution in [2.75, 3.05) is 26.2 Å². The first-order valence-corrected chi connectivity index (χ1v) is 13.7. The molecule has 2 heterocycles. The van der Waals surface area contributed by atoms with E-state index in [0.717, 1.165) is 70.7 Å². The minimum absolute atomic E-state index is 0.00540. The van der Waals surface area contributed by atoms with E-state index in [2.05, 4.69) is 51.5 Å². The number of nitrogens with one attached hydrogen (secondary N) is 1. The number of amides is 1. The quantitative estimate of drug-likeness (QED) is 0.464. The van der Waals surface area contributed by atoms with E-state index >= 15 is 0 Å². The zero-order chi connectivity index (χ0) is 26.2. The fourth-order valence-corrected chi connectivity index (χ4v) is 5.35. The molecule has 0 saturated carbocycles. The number of nitrogens with zero attached hydrogens (tertiary/aromatic N) is 3. The molecule has 0 spiro atoms. The van der Waals surface area contributed by atoms with Crippen LogP contribution in [0.4, 0.5) is 0 Å². The van der Waals surface area contributed by atoms with E-state index in [4.69, 9.17) is 10.00 Å². The van der Waals surface area contributed by atoms with E-state index < -0.39 is 0 Å². The van der Waals surface area contributed by atoms with E-state index in [1.807, 2.05) is 48.5 Å². The molecule has 0 radical (unpaired) electrons. The van der Waals surface area contributed by atoms with Gasteiger partial charge in [-0.15, -0.1) is 0 Å². The van der Waals surface area contributed by atoms with Crippen LogP contribution in [0.15, 0.2) is 78.9 Å². The van der Waals surface area contributed by atoms with Crippen molar-refractivity contribution in [3.05, 3.63) is 101 Å². The average molecular weight is 509 g/mol. The Hall–Kier alpha value is -3.66. The van der Waals surface area contributed by atoms with Crippen molar-refractivity contribution in [1.29, 1.82) is 5.26 Å². The second-order valence-electron chi connectivity index (χ2n) is 10.4. The van der Waals surface area contributed by atoms with Gasteiger partial charge in [-0.1, -0.05) is 42.5 Å². The van der Waals surface area contributed by atoms with E-state index in [1.165, 1.54) is 11.1 Å². The van der Waals surface area contributed by atoms with Gasteiger partial charge in [-0.3, -0.25) is 14.6 Å². The van der Waals surface area contributed by atoms with Gasteiger partial charge in [-0.05, 0) is 73.2 Å². The highest BCUT2D eigenvalue weighted by Gasteiger charge is 2.22. The number of carbonyl (C=O) groups is 1. The first kappa shape index (κ1) is 26.0. The Morgan fingerprint density at radius 2 is 1.37 bits per heavy atom. The molecule has 0 aliphatic carbocycles. The molecule has 3 aromatic rings. The standard InChI is InChI=1S/C32H36N4O2/c33-22-25-6-8-27(9-7-25)24-36-20-16-31(17-21-36)38-30-12-10-28(11-13-30)32(37)34-29-14-18-35(19-15-29)23-26-4-2-1-3-5-26/h1-13,29,31H,14-21,23-24H2,(H,34,37). The van der Waals surface area contributed by atoms with Gasteiger partial charge < -0.3 is 10.1 Å². The molecule has 6 heteroatoms. The SMILES string of the molecule is N#Cc1ccc(CN2CCC(Oc3ccc(C(=O)NC4CCN(Cc5ccccc5)CC4)cc3)CC2)cc1. The van der Waals surface area contributed by atoms with Gasteiger partial charge in [0.05, 0.1) is 11.6 Å². The zero-order valence-corrected chi connectivity index (χ0v) is 21.9. The maximum absolute atomic E-state index is 12.8. The van der Waals surface area contributed by atoms with Crippen LogP contribution in [0.1, 0.15) is 52.7 Å². The van der Waals surface area contributed by atoms with Crippen molar-refractivity contribution in [3.63, 3.8) is 0 Å². The molecule has 1 N–H and O–H groups in total. The van der Waals surface area contributed by atoms with Crippen molar-refractivity contribution < 1.29 is 9.53 Å². The molecule has 2 aliphatic rings. The Kier molecular flexibility index (Phi) is 8.70. The predicted octanol–water partition coefficient (Wildman–Crippen LogP) is 5.00. The van der Waals surface area contributed by atoms with Crippen LogP contribution in [0.5, 0.6) is 5.75 Å². The summed E-state index contributed by atoms with van der Waals surface area (Å²) in [5, 5.41) is 12.2. The first-order chi connectivity index (χ1) is 18.6. The molecule has 2 fully saturated rings. The Balaban J connectivity index is 1.02. The topological polar surface area (TPSA) is 68.6 Å². The van der Waals surface area contributed by atoms with Gasteiger partial charge in [0, 0.05) is 50.9 Å². The summed E-state index contributed by atoms with van der Waals surface area (Å²) in [7, 11) is 0. The van der Waals surface area contributed by atoms with Crippen LogP contribution in [0.25, 0.3) is 0 Å². The molecule has 2 aliphatic heterocycles. The van der Waals surface area contributed by atoms with Gasteiger partial charge in [-0.25, -0.2) is 0 Å². The number of rotatable bonds is 8. The molecule has 3 aromatic carbocycles. The number of ether oxygens (including phenoxy) is 1. The van der Waals surface area contributed by atoms with Crippen LogP contribution in [0.2, 0.25) is 0 Å². The van der Waals surface area contributed by atoms with Crippen molar-refractivity contribution in [2.45, 2.75) is 50.9 Å². The molecule has 38 heavy (non-hydrogen) atoms. The lowest BCUT2D eigenvalue weighted by Gasteiger charge is -2.32. The number of likely N-dealkylation sites (tertiary alicyclic amines) is 2. The smallest absolute Gasteiger partial charge is 0.251 e. The molecule has 5 rings (SSSR count). The number of piperidine rings is 2. The predicted molar refractivity (Wildman–Crippen MR) is 149 cm³/mol. The highest BCUT2D eigenvalue weighted by Crippen LogP contribution is 2.21. The summed E-state index contributed by atoms with van der Waals surface area (Å²) in [5.41, 5.74) is 3.95. The summed E-state index contributed by atoms with van der Waals surface area (Å²) in [6.45, 7) is 5.83. The lowest BCUT2D eigenvalue weighted by Crippen LogP contribution is -2.44. The van der Waals surface area contributed by atoms with Crippen molar-refractivity contribution in [2.24, 2.45) is 0 Å². The molecule has 6 nitrogen and oxygen atoms in total. The lowest BCUT2D eigenvalue weighted by molar-refractivity contribution is 0.0908. The molecule has 0 aromatic heterocycles. The normalized spacial score (nSPS) is 17.6. The molecule has 1 amide bonds. The second kappa shape index (κ2) is 12.7. The van der Waals surface area contributed by atoms with Gasteiger partial charge in [0.2, 0.25) is 0 Å². The summed E-state index contributed by atoms with van der Waals surface area (Å²) in [4.78, 5) is 17.7. The van der Waals surface area contributed by atoms with Crippen LogP contribution < -0.4 is 10.1 Å². The van der Waals surface area contributed by atoms with E-state index in [-0.39, 0.29) is 18.1 Å². The highest BCUT2D eigenvalue weighted by atomic mass is 16.5. The Labute approximate surface area is 225 Å². The van der Waals surface area contributed by atoms with Crippen LogP contribution >= 0.6 is 0 Å². The largest absolute Gasteiger partial charge is 0.490 e. The molecule has 0 bridgehead atoms. The number of hydrogen-bond donors (Lipinski definition) is 1. The third-order valence-electron chi connectivity index (χ3n) is 7.61. The number of carbonyl (C=O) groups excluding carboxylic acids is 1. The molecule has 196 valence electrons. The van der Waals surface area contributed by atoms with Gasteiger partial charge >= 0.3 is 0 Å². The average Bonchev–Trinajstić information content (AvgIpc) is 2.96. The maximum Gasteiger partial charge on any atom is 0.251 e. The summed E-state index contributed by atoms with van der Waals surface area (Å²) < 4.78 is 6.23. The minimum Gasteiger partial charge on any atom is -0.490 e. The molecular weight excluding hydrogens is 472 g/mol. The minimum atomic E-state index is -0.00540. The van der Waals surface area contributed by atoms with E-state index in [9.17, 15) is 4.79 Å². The molecule has 2 saturated heterocycles. The fourth-order valence-electron chi connectivity index (χ4n) is 5.35. The van der Waals surface area contributed by atoms with Gasteiger partial charge in [0.15, 0.2) is 0 Å². The monoisotopic (exact) mass is 508 g/mol. The molecule has 0 atom stereocenters. The second-order valence-corrected chi connectivity index (χ2v) is 10.4. The highest BCUT2D eigenvalue weighted by molar-refractivity contribution is 5.94. The Morgan fingerprint density at radius 3 is 1.97 bits per heavy atom. The zero-order valence-electron chi connectivity index (χ0n) is 21.9. The summed E-state index contributed by atoms with van der Waals surface area (Å²) >= 11 is 0. The Bertz CT molecular complexity index is 1210. The van der Waals surface area contributed by atoms with Crippen LogP contribution in [0.3, 0.4) is 0 Å². The van der Waals surface area contributed by atoms with Crippen molar-refractivity contribution >= 4 is 5.91 Å². The van der Waals surface area contributed by atoms with Gasteiger partial charge in [0.1, 0.15) is 11.9 Å². The summed E-state index contributed by atoms with van der Waals surface area (Å²) in [6, 6.07) is 28.4. The van der Waals surface area contributed by atoms with Crippen LogP contribution in [-0.4, -0.2) is 54.0 Å². The third kappa shape index (κ3) is 7.22. The number of hydrogen-bond acceptors (Lipinski definition) is 5. The first-order valence-electron chi connectivity index (χ1n) is 13.7. The molecule has 0 unspecified atom stereocenters. The Morgan fingerprint density at radius 1 is 0.789 bits per heavy atom. The summed E-state index contributed by atoms with van der Waals surface area (Å²) in [5.74, 6) is 0.815. The fraction of sp³-hybridized carbons (Fsp3) is 0.375. The van der Waals surface area contributed by atoms with Crippen LogP contribution in [0, 0.1) is 11.3 Å². The van der Waals surface area contributed by atoms with Gasteiger partial charge in [-0.2, -0.15) is 5.26 Å². The maximum atomic E-state index is 12.8. The van der Waals surface area contributed by atoms with Crippen LogP contribution in [-0.2, 0) is 13.1 Å². The lowest BCUT2D eigenvalue weighted by atomic mass is 10.0. The molecular formula is C32H36N4O2. The van der Waals surface area contributed by atoms with Crippen molar-refractivity contribution in [3.8, 4) is 11.8 Å². The van der Waals surface area contributed by atoms with E-state index in [0.29, 0.717) is 11.1 Å². The third-order valence-corrected chi connectivity index (χ3v) is 7.61.